The van der Waals surface area contributed by atoms with Crippen LogP contribution in [0.3, 0.4) is 0 Å². The molecule has 2 aliphatic rings. The van der Waals surface area contributed by atoms with Crippen molar-refractivity contribution in [1.82, 2.24) is 9.80 Å². The molecule has 2 aliphatic heterocycles. The summed E-state index contributed by atoms with van der Waals surface area (Å²) in [6.45, 7) is 9.13. The third-order valence-electron chi connectivity index (χ3n) is 6.19. The van der Waals surface area contributed by atoms with Crippen molar-refractivity contribution in [2.45, 2.75) is 32.4 Å². The van der Waals surface area contributed by atoms with Gasteiger partial charge in [-0.2, -0.15) is 0 Å². The number of carbonyl (C=O) groups excluding carboxylic acids is 1. The van der Waals surface area contributed by atoms with E-state index >= 15 is 0 Å². The molecule has 0 radical (unpaired) electrons. The molecule has 2 N–H and O–H groups in total. The van der Waals surface area contributed by atoms with E-state index in [0.29, 0.717) is 6.61 Å². The molecule has 6 heteroatoms. The molecule has 1 fully saturated rings. The van der Waals surface area contributed by atoms with Crippen molar-refractivity contribution in [3.05, 3.63) is 59.2 Å². The first kappa shape index (κ1) is 20.7. The number of nitrogens with zero attached hydrogens (tertiary/aromatic N) is 2. The highest BCUT2D eigenvalue weighted by Crippen LogP contribution is 2.32. The maximum absolute atomic E-state index is 12.4. The highest BCUT2D eigenvalue weighted by atomic mass is 16.6. The number of para-hydroxylation sites is 2. The summed E-state index contributed by atoms with van der Waals surface area (Å²) in [5, 5.41) is 0. The number of fused-ring (bicyclic) bond motifs is 1. The van der Waals surface area contributed by atoms with Crippen LogP contribution in [-0.2, 0) is 4.79 Å². The third kappa shape index (κ3) is 4.45. The minimum Gasteiger partial charge on any atom is -0.486 e. The van der Waals surface area contributed by atoms with E-state index in [-0.39, 0.29) is 18.1 Å². The number of rotatable bonds is 6. The van der Waals surface area contributed by atoms with Gasteiger partial charge < -0.3 is 20.1 Å². The van der Waals surface area contributed by atoms with Crippen molar-refractivity contribution in [2.75, 3.05) is 39.3 Å². The average molecular weight is 410 g/mol. The van der Waals surface area contributed by atoms with Gasteiger partial charge >= 0.3 is 0 Å². The summed E-state index contributed by atoms with van der Waals surface area (Å²) in [5.74, 6) is 1.38. The summed E-state index contributed by atoms with van der Waals surface area (Å²) < 4.78 is 11.9. The Labute approximate surface area is 178 Å². The number of piperazine rings is 1. The van der Waals surface area contributed by atoms with E-state index in [1.165, 1.54) is 0 Å². The number of ether oxygens (including phenoxy) is 2. The lowest BCUT2D eigenvalue weighted by molar-refractivity contribution is -0.124. The van der Waals surface area contributed by atoms with Gasteiger partial charge in [-0.3, -0.25) is 9.69 Å². The molecule has 160 valence electrons. The standard InChI is InChI=1S/C24H31N3O3/c1-17-6-5-7-18(2)22(17)23(24(25)28)27-14-12-26(13-15-27)11-10-19-16-29-20-8-3-4-9-21(20)30-19/h3-9,19,23H,10-16H2,1-2H3,(H2,25,28). The first-order chi connectivity index (χ1) is 14.5. The molecule has 4 rings (SSSR count). The normalized spacial score (nSPS) is 20.7. The quantitative estimate of drug-likeness (QED) is 0.795. The van der Waals surface area contributed by atoms with E-state index in [4.69, 9.17) is 15.2 Å². The van der Waals surface area contributed by atoms with Crippen LogP contribution < -0.4 is 15.2 Å². The minimum absolute atomic E-state index is 0.0749. The molecule has 30 heavy (non-hydrogen) atoms. The third-order valence-corrected chi connectivity index (χ3v) is 6.19. The molecule has 1 amide bonds. The first-order valence-corrected chi connectivity index (χ1v) is 10.7. The topological polar surface area (TPSA) is 68.0 Å². The molecular formula is C24H31N3O3. The molecule has 0 spiro atoms. The van der Waals surface area contributed by atoms with Crippen LogP contribution in [-0.4, -0.2) is 61.1 Å². The first-order valence-electron chi connectivity index (χ1n) is 10.7. The maximum Gasteiger partial charge on any atom is 0.239 e. The number of benzene rings is 2. The molecule has 2 atom stereocenters. The van der Waals surface area contributed by atoms with E-state index < -0.39 is 0 Å². The highest BCUT2D eigenvalue weighted by Gasteiger charge is 2.31. The Kier molecular flexibility index (Phi) is 6.25. The Balaban J connectivity index is 1.32. The van der Waals surface area contributed by atoms with Crippen LogP contribution in [0.2, 0.25) is 0 Å². The van der Waals surface area contributed by atoms with Crippen LogP contribution in [0.4, 0.5) is 0 Å². The predicted molar refractivity (Wildman–Crippen MR) is 117 cm³/mol. The largest absolute Gasteiger partial charge is 0.486 e. The lowest BCUT2D eigenvalue weighted by Crippen LogP contribution is -2.51. The van der Waals surface area contributed by atoms with Gasteiger partial charge in [0.25, 0.3) is 0 Å². The Morgan fingerprint density at radius 2 is 1.70 bits per heavy atom. The number of primary amides is 1. The molecular weight excluding hydrogens is 378 g/mol. The Hall–Kier alpha value is -2.57. The SMILES string of the molecule is Cc1cccc(C)c1C(C(N)=O)N1CCN(CCC2COc3ccccc3O2)CC1. The number of hydrogen-bond acceptors (Lipinski definition) is 5. The smallest absolute Gasteiger partial charge is 0.239 e. The van der Waals surface area contributed by atoms with Crippen molar-refractivity contribution < 1.29 is 14.3 Å². The molecule has 0 aliphatic carbocycles. The Morgan fingerprint density at radius 1 is 1.03 bits per heavy atom. The monoisotopic (exact) mass is 409 g/mol. The molecule has 2 heterocycles. The lowest BCUT2D eigenvalue weighted by atomic mass is 9.94. The average Bonchev–Trinajstić information content (AvgIpc) is 2.75. The summed E-state index contributed by atoms with van der Waals surface area (Å²) in [7, 11) is 0. The molecule has 2 aromatic carbocycles. The summed E-state index contributed by atoms with van der Waals surface area (Å²) in [6.07, 6.45) is 0.996. The van der Waals surface area contributed by atoms with Gasteiger partial charge in [0, 0.05) is 39.1 Å². The molecule has 1 saturated heterocycles. The van der Waals surface area contributed by atoms with Crippen LogP contribution in [0.1, 0.15) is 29.2 Å². The zero-order valence-corrected chi connectivity index (χ0v) is 17.8. The summed E-state index contributed by atoms with van der Waals surface area (Å²) in [4.78, 5) is 17.0. The molecule has 2 unspecified atom stereocenters. The second-order valence-electron chi connectivity index (χ2n) is 8.27. The van der Waals surface area contributed by atoms with Gasteiger partial charge in [-0.1, -0.05) is 30.3 Å². The number of hydrogen-bond donors (Lipinski definition) is 1. The molecule has 0 bridgehead atoms. The molecule has 6 nitrogen and oxygen atoms in total. The fourth-order valence-electron chi connectivity index (χ4n) is 4.54. The van der Waals surface area contributed by atoms with Gasteiger partial charge in [0.1, 0.15) is 18.8 Å². The van der Waals surface area contributed by atoms with Gasteiger partial charge in [0.2, 0.25) is 5.91 Å². The number of carbonyl (C=O) groups is 1. The Bertz CT molecular complexity index is 873. The van der Waals surface area contributed by atoms with Crippen LogP contribution in [0.15, 0.2) is 42.5 Å². The van der Waals surface area contributed by atoms with Crippen LogP contribution in [0, 0.1) is 13.8 Å². The molecule has 0 aromatic heterocycles. The number of nitrogens with two attached hydrogens (primary N) is 1. The van der Waals surface area contributed by atoms with E-state index in [1.54, 1.807) is 0 Å². The second kappa shape index (κ2) is 9.06. The van der Waals surface area contributed by atoms with E-state index in [0.717, 1.165) is 67.3 Å². The second-order valence-corrected chi connectivity index (χ2v) is 8.27. The van der Waals surface area contributed by atoms with Gasteiger partial charge in [-0.25, -0.2) is 0 Å². The van der Waals surface area contributed by atoms with Crippen molar-refractivity contribution >= 4 is 5.91 Å². The van der Waals surface area contributed by atoms with Crippen LogP contribution >= 0.6 is 0 Å². The van der Waals surface area contributed by atoms with Crippen LogP contribution in [0.25, 0.3) is 0 Å². The zero-order chi connectivity index (χ0) is 21.1. The fraction of sp³-hybridized carbons (Fsp3) is 0.458. The van der Waals surface area contributed by atoms with Crippen molar-refractivity contribution in [1.29, 1.82) is 0 Å². The molecule has 0 saturated carbocycles. The Morgan fingerprint density at radius 3 is 2.37 bits per heavy atom. The summed E-state index contributed by atoms with van der Waals surface area (Å²) >= 11 is 0. The number of amides is 1. The van der Waals surface area contributed by atoms with Gasteiger partial charge in [0.15, 0.2) is 11.5 Å². The minimum atomic E-state index is -0.361. The van der Waals surface area contributed by atoms with Crippen molar-refractivity contribution in [2.24, 2.45) is 5.73 Å². The van der Waals surface area contributed by atoms with E-state index in [2.05, 4.69) is 35.8 Å². The fourth-order valence-corrected chi connectivity index (χ4v) is 4.54. The van der Waals surface area contributed by atoms with Crippen molar-refractivity contribution in [3.63, 3.8) is 0 Å². The van der Waals surface area contributed by atoms with Crippen molar-refractivity contribution in [3.8, 4) is 11.5 Å². The lowest BCUT2D eigenvalue weighted by Gasteiger charge is -2.39. The molecule has 2 aromatic rings. The maximum atomic E-state index is 12.4. The van der Waals surface area contributed by atoms with Gasteiger partial charge in [0.05, 0.1) is 0 Å². The zero-order valence-electron chi connectivity index (χ0n) is 17.8. The van der Waals surface area contributed by atoms with E-state index in [1.807, 2.05) is 30.3 Å². The predicted octanol–water partition coefficient (Wildman–Crippen LogP) is 2.68. The van der Waals surface area contributed by atoms with Gasteiger partial charge in [-0.15, -0.1) is 0 Å². The highest BCUT2D eigenvalue weighted by molar-refractivity contribution is 5.82. The van der Waals surface area contributed by atoms with Crippen LogP contribution in [0.5, 0.6) is 11.5 Å². The number of aryl methyl sites for hydroxylation is 2. The van der Waals surface area contributed by atoms with Gasteiger partial charge in [-0.05, 0) is 42.7 Å². The summed E-state index contributed by atoms with van der Waals surface area (Å²) in [5.41, 5.74) is 9.15. The van der Waals surface area contributed by atoms with E-state index in [9.17, 15) is 4.79 Å². The summed E-state index contributed by atoms with van der Waals surface area (Å²) in [6, 6.07) is 13.6.